The molecule has 1 unspecified atom stereocenters. The molecule has 10 heavy (non-hydrogen) atoms. The van der Waals surface area contributed by atoms with Gasteiger partial charge < -0.3 is 15.2 Å². The first kappa shape index (κ1) is 7.98. The van der Waals surface area contributed by atoms with Crippen LogP contribution in [0.25, 0.3) is 0 Å². The van der Waals surface area contributed by atoms with E-state index in [1.165, 1.54) is 0 Å². The molecule has 1 rings (SSSR count). The second-order valence-electron chi connectivity index (χ2n) is 2.65. The topological polar surface area (TPSA) is 44.5 Å². The summed E-state index contributed by atoms with van der Waals surface area (Å²) in [5.74, 6) is -0.486. The van der Waals surface area contributed by atoms with Crippen LogP contribution in [0, 0.1) is 0 Å². The third-order valence-electron chi connectivity index (χ3n) is 1.96. The van der Waals surface area contributed by atoms with Crippen molar-refractivity contribution in [2.75, 3.05) is 13.2 Å². The third-order valence-corrected chi connectivity index (χ3v) is 1.96. The van der Waals surface area contributed by atoms with Crippen LogP contribution in [-0.4, -0.2) is 25.0 Å². The maximum atomic E-state index is 5.69. The first-order valence-electron chi connectivity index (χ1n) is 3.75. The van der Waals surface area contributed by atoms with Crippen LogP contribution < -0.4 is 5.73 Å². The molecule has 3 heteroatoms. The normalized spacial score (nSPS) is 26.7. The van der Waals surface area contributed by atoms with Gasteiger partial charge in [0.25, 0.3) is 0 Å². The van der Waals surface area contributed by atoms with Gasteiger partial charge in [-0.3, -0.25) is 0 Å². The molecule has 0 spiro atoms. The molecule has 1 heterocycles. The van der Waals surface area contributed by atoms with Gasteiger partial charge in [-0.05, 0) is 6.92 Å². The van der Waals surface area contributed by atoms with Crippen molar-refractivity contribution in [3.8, 4) is 0 Å². The molecule has 60 valence electrons. The largest absolute Gasteiger partial charge is 0.346 e. The molecule has 1 aliphatic heterocycles. The van der Waals surface area contributed by atoms with Crippen LogP contribution in [0.1, 0.15) is 20.3 Å². The van der Waals surface area contributed by atoms with Gasteiger partial charge in [-0.2, -0.15) is 0 Å². The minimum absolute atomic E-state index is 0.0417. The molecule has 1 atom stereocenters. The fraction of sp³-hybridized carbons (Fsp3) is 1.00. The predicted molar refractivity (Wildman–Crippen MR) is 38.6 cm³/mol. The molecule has 0 bridgehead atoms. The molecule has 0 saturated carbocycles. The highest BCUT2D eigenvalue weighted by molar-refractivity contribution is 4.80. The summed E-state index contributed by atoms with van der Waals surface area (Å²) in [6.07, 6.45) is 0.824. The zero-order chi connectivity index (χ0) is 7.61. The summed E-state index contributed by atoms with van der Waals surface area (Å²) in [6.45, 7) is 5.29. The maximum Gasteiger partial charge on any atom is 0.183 e. The maximum absolute atomic E-state index is 5.69. The zero-order valence-corrected chi connectivity index (χ0v) is 6.59. The van der Waals surface area contributed by atoms with Crippen molar-refractivity contribution in [3.63, 3.8) is 0 Å². The van der Waals surface area contributed by atoms with Gasteiger partial charge in [0.05, 0.1) is 19.3 Å². The van der Waals surface area contributed by atoms with Crippen molar-refractivity contribution < 1.29 is 9.47 Å². The van der Waals surface area contributed by atoms with Gasteiger partial charge in [-0.25, -0.2) is 0 Å². The molecule has 0 aliphatic carbocycles. The number of hydrogen-bond donors (Lipinski definition) is 1. The molecule has 0 radical (unpaired) electrons. The smallest absolute Gasteiger partial charge is 0.183 e. The van der Waals surface area contributed by atoms with E-state index < -0.39 is 5.79 Å². The molecular formula is C7H15NO2. The Kier molecular flexibility index (Phi) is 2.28. The fourth-order valence-electron chi connectivity index (χ4n) is 1.26. The van der Waals surface area contributed by atoms with Gasteiger partial charge in [0.1, 0.15) is 0 Å². The van der Waals surface area contributed by atoms with Crippen molar-refractivity contribution >= 4 is 0 Å². The SMILES string of the molecule is CCC1(C(C)N)OCCO1. The minimum Gasteiger partial charge on any atom is -0.346 e. The lowest BCUT2D eigenvalue weighted by Gasteiger charge is -2.29. The molecule has 1 aliphatic rings. The van der Waals surface area contributed by atoms with E-state index in [1.807, 2.05) is 13.8 Å². The van der Waals surface area contributed by atoms with Crippen LogP contribution in [0.3, 0.4) is 0 Å². The first-order chi connectivity index (χ1) is 4.71. The van der Waals surface area contributed by atoms with E-state index in [9.17, 15) is 0 Å². The summed E-state index contributed by atoms with van der Waals surface area (Å²) >= 11 is 0. The standard InChI is InChI=1S/C7H15NO2/c1-3-7(6(2)8)9-4-5-10-7/h6H,3-5,8H2,1-2H3. The average Bonchev–Trinajstić information content (AvgIpc) is 2.35. The summed E-state index contributed by atoms with van der Waals surface area (Å²) in [5.41, 5.74) is 5.69. The molecule has 1 saturated heterocycles. The van der Waals surface area contributed by atoms with Gasteiger partial charge in [0.2, 0.25) is 0 Å². The van der Waals surface area contributed by atoms with Crippen molar-refractivity contribution in [2.45, 2.75) is 32.1 Å². The Morgan fingerprint density at radius 1 is 1.50 bits per heavy atom. The Bertz CT molecular complexity index is 108. The molecule has 1 fully saturated rings. The van der Waals surface area contributed by atoms with Crippen LogP contribution >= 0.6 is 0 Å². The minimum atomic E-state index is -0.486. The number of nitrogens with two attached hydrogens (primary N) is 1. The Hall–Kier alpha value is -0.120. The van der Waals surface area contributed by atoms with Crippen LogP contribution in [-0.2, 0) is 9.47 Å². The summed E-state index contributed by atoms with van der Waals surface area (Å²) in [6, 6.07) is -0.0417. The highest BCUT2D eigenvalue weighted by Gasteiger charge is 2.38. The zero-order valence-electron chi connectivity index (χ0n) is 6.59. The highest BCUT2D eigenvalue weighted by Crippen LogP contribution is 2.25. The van der Waals surface area contributed by atoms with E-state index in [0.29, 0.717) is 13.2 Å². The van der Waals surface area contributed by atoms with E-state index in [0.717, 1.165) is 6.42 Å². The Morgan fingerprint density at radius 2 is 2.00 bits per heavy atom. The molecule has 0 aromatic rings. The van der Waals surface area contributed by atoms with Crippen LogP contribution in [0.5, 0.6) is 0 Å². The summed E-state index contributed by atoms with van der Waals surface area (Å²) in [7, 11) is 0. The van der Waals surface area contributed by atoms with Gasteiger partial charge in [-0.15, -0.1) is 0 Å². The van der Waals surface area contributed by atoms with E-state index in [2.05, 4.69) is 0 Å². The summed E-state index contributed by atoms with van der Waals surface area (Å²) < 4.78 is 10.8. The number of hydrogen-bond acceptors (Lipinski definition) is 3. The Balaban J connectivity index is 2.58. The third kappa shape index (κ3) is 1.17. The lowest BCUT2D eigenvalue weighted by atomic mass is 10.1. The van der Waals surface area contributed by atoms with Crippen LogP contribution in [0.4, 0.5) is 0 Å². The molecule has 0 aromatic carbocycles. The molecular weight excluding hydrogens is 130 g/mol. The van der Waals surface area contributed by atoms with Gasteiger partial charge >= 0.3 is 0 Å². The fourth-order valence-corrected chi connectivity index (χ4v) is 1.26. The van der Waals surface area contributed by atoms with Gasteiger partial charge in [0.15, 0.2) is 5.79 Å². The van der Waals surface area contributed by atoms with Crippen LogP contribution in [0.15, 0.2) is 0 Å². The quantitative estimate of drug-likeness (QED) is 0.615. The van der Waals surface area contributed by atoms with E-state index in [-0.39, 0.29) is 6.04 Å². The lowest BCUT2D eigenvalue weighted by molar-refractivity contribution is -0.171. The molecule has 3 nitrogen and oxygen atoms in total. The van der Waals surface area contributed by atoms with Crippen molar-refractivity contribution in [1.29, 1.82) is 0 Å². The molecule has 0 aromatic heterocycles. The predicted octanol–water partition coefficient (Wildman–Crippen LogP) is 0.487. The lowest BCUT2D eigenvalue weighted by Crippen LogP contribution is -2.46. The van der Waals surface area contributed by atoms with E-state index in [1.54, 1.807) is 0 Å². The number of rotatable bonds is 2. The summed E-state index contributed by atoms with van der Waals surface area (Å²) in [4.78, 5) is 0. The Morgan fingerprint density at radius 3 is 2.20 bits per heavy atom. The van der Waals surface area contributed by atoms with Crippen LogP contribution in [0.2, 0.25) is 0 Å². The van der Waals surface area contributed by atoms with Crippen molar-refractivity contribution in [3.05, 3.63) is 0 Å². The average molecular weight is 145 g/mol. The Labute approximate surface area is 61.5 Å². The van der Waals surface area contributed by atoms with Crippen molar-refractivity contribution in [2.24, 2.45) is 5.73 Å². The first-order valence-corrected chi connectivity index (χ1v) is 3.75. The monoisotopic (exact) mass is 145 g/mol. The second-order valence-corrected chi connectivity index (χ2v) is 2.65. The second kappa shape index (κ2) is 2.86. The van der Waals surface area contributed by atoms with Gasteiger partial charge in [-0.1, -0.05) is 6.92 Å². The number of ether oxygens (including phenoxy) is 2. The van der Waals surface area contributed by atoms with Gasteiger partial charge in [0, 0.05) is 6.42 Å². The van der Waals surface area contributed by atoms with Crippen molar-refractivity contribution in [1.82, 2.24) is 0 Å². The highest BCUT2D eigenvalue weighted by atomic mass is 16.7. The van der Waals surface area contributed by atoms with E-state index >= 15 is 0 Å². The summed E-state index contributed by atoms with van der Waals surface area (Å²) in [5, 5.41) is 0. The van der Waals surface area contributed by atoms with E-state index in [4.69, 9.17) is 15.2 Å². The molecule has 0 amide bonds. The molecule has 2 N–H and O–H groups in total.